The monoisotopic (exact) mass is 371 g/mol. The van der Waals surface area contributed by atoms with E-state index in [2.05, 4.69) is 27.4 Å². The minimum absolute atomic E-state index is 0.000741. The second kappa shape index (κ2) is 6.01. The summed E-state index contributed by atoms with van der Waals surface area (Å²) in [7, 11) is 0. The molecular weight excluding hydrogens is 360 g/mol. The van der Waals surface area contributed by atoms with E-state index in [-0.39, 0.29) is 11.0 Å². The topological polar surface area (TPSA) is 29.5 Å². The minimum atomic E-state index is -0.735. The average Bonchev–Trinajstić information content (AvgIpc) is 2.39. The third-order valence-electron chi connectivity index (χ3n) is 2.52. The summed E-state index contributed by atoms with van der Waals surface area (Å²) in [6, 6.07) is 13.4. The van der Waals surface area contributed by atoms with Crippen molar-refractivity contribution in [3.63, 3.8) is 0 Å². The summed E-state index contributed by atoms with van der Waals surface area (Å²) in [5.41, 5.74) is 1.20. The van der Waals surface area contributed by atoms with E-state index < -0.39 is 5.97 Å². The first kappa shape index (κ1) is 13.8. The van der Waals surface area contributed by atoms with E-state index in [1.807, 2.05) is 0 Å². The number of rotatable bonds is 3. The van der Waals surface area contributed by atoms with Crippen LogP contribution in [-0.2, 0) is 4.84 Å². The number of carbonyl (C=O) groups excluding carboxylic acids is 1. The van der Waals surface area contributed by atoms with Crippen molar-refractivity contribution in [2.24, 2.45) is 0 Å². The van der Waals surface area contributed by atoms with Crippen LogP contribution in [0.25, 0.3) is 0 Å². The molecule has 0 fully saturated rings. The molecule has 5 heteroatoms. The lowest BCUT2D eigenvalue weighted by Gasteiger charge is -2.14. The first-order chi connectivity index (χ1) is 9.08. The summed E-state index contributed by atoms with van der Waals surface area (Å²) in [6.07, 6.45) is 0. The maximum Gasteiger partial charge on any atom is 0.366 e. The van der Waals surface area contributed by atoms with Crippen LogP contribution < -0.4 is 5.29 Å². The van der Waals surface area contributed by atoms with Crippen molar-refractivity contribution in [1.29, 1.82) is 0 Å². The molecule has 0 aliphatic rings. The molecule has 0 aliphatic heterocycles. The van der Waals surface area contributed by atoms with Crippen LogP contribution in [-0.4, -0.2) is 5.97 Å². The largest absolute Gasteiger partial charge is 0.366 e. The fourth-order valence-corrected chi connectivity index (χ4v) is 2.21. The Morgan fingerprint density at radius 1 is 1.21 bits per heavy atom. The van der Waals surface area contributed by atoms with Gasteiger partial charge in [0.15, 0.2) is 0 Å². The van der Waals surface area contributed by atoms with E-state index in [1.165, 1.54) is 0 Å². The SMILES string of the molecule is Cc1cc(I)ccc1N(F)OC(=O)c1ccccc1. The van der Waals surface area contributed by atoms with Gasteiger partial charge >= 0.3 is 5.97 Å². The van der Waals surface area contributed by atoms with Gasteiger partial charge in [-0.15, -0.1) is 0 Å². The van der Waals surface area contributed by atoms with Crippen LogP contribution in [0.5, 0.6) is 0 Å². The lowest BCUT2D eigenvalue weighted by atomic mass is 10.2. The van der Waals surface area contributed by atoms with Gasteiger partial charge in [-0.25, -0.2) is 4.79 Å². The number of benzene rings is 2. The van der Waals surface area contributed by atoms with Gasteiger partial charge in [0, 0.05) is 3.57 Å². The normalized spacial score (nSPS) is 10.1. The number of hydrogen-bond acceptors (Lipinski definition) is 3. The van der Waals surface area contributed by atoms with Crippen molar-refractivity contribution in [2.75, 3.05) is 5.29 Å². The van der Waals surface area contributed by atoms with Crippen molar-refractivity contribution >= 4 is 34.2 Å². The number of halogens is 2. The molecule has 0 saturated carbocycles. The number of nitrogens with zero attached hydrogens (tertiary/aromatic N) is 1. The molecule has 19 heavy (non-hydrogen) atoms. The number of carbonyl (C=O) groups is 1. The van der Waals surface area contributed by atoms with E-state index in [4.69, 9.17) is 0 Å². The second-order valence-electron chi connectivity index (χ2n) is 3.92. The minimum Gasteiger partial charge on any atom is -0.305 e. The van der Waals surface area contributed by atoms with Gasteiger partial charge in [-0.2, -0.15) is 0 Å². The maximum absolute atomic E-state index is 13.9. The molecule has 98 valence electrons. The molecule has 0 N–H and O–H groups in total. The molecule has 0 heterocycles. The molecular formula is C14H11FINO2. The molecule has 0 radical (unpaired) electrons. The lowest BCUT2D eigenvalue weighted by molar-refractivity contribution is 0.0171. The van der Waals surface area contributed by atoms with E-state index >= 15 is 0 Å². The van der Waals surface area contributed by atoms with E-state index in [0.717, 1.165) is 3.57 Å². The second-order valence-corrected chi connectivity index (χ2v) is 5.17. The summed E-state index contributed by atoms with van der Waals surface area (Å²) < 4.78 is 14.8. The summed E-state index contributed by atoms with van der Waals surface area (Å²) in [5.74, 6) is -0.735. The Morgan fingerprint density at radius 2 is 1.89 bits per heavy atom. The number of hydrogen-bond donors (Lipinski definition) is 0. The smallest absolute Gasteiger partial charge is 0.305 e. The maximum atomic E-state index is 13.9. The zero-order valence-corrected chi connectivity index (χ0v) is 12.3. The Kier molecular flexibility index (Phi) is 4.36. The molecule has 2 aromatic carbocycles. The highest BCUT2D eigenvalue weighted by molar-refractivity contribution is 14.1. The van der Waals surface area contributed by atoms with Crippen LogP contribution in [0.15, 0.2) is 48.5 Å². The standard InChI is InChI=1S/C14H11FINO2/c1-10-9-12(16)7-8-13(10)17(15)19-14(18)11-5-3-2-4-6-11/h2-9H,1H3. The van der Waals surface area contributed by atoms with Gasteiger partial charge in [-0.3, -0.25) is 0 Å². The van der Waals surface area contributed by atoms with Crippen molar-refractivity contribution in [1.82, 2.24) is 0 Å². The summed E-state index contributed by atoms with van der Waals surface area (Å²) in [4.78, 5) is 16.4. The molecule has 0 bridgehead atoms. The highest BCUT2D eigenvalue weighted by atomic mass is 127. The molecule has 0 spiro atoms. The molecule has 2 rings (SSSR count). The van der Waals surface area contributed by atoms with Crippen LogP contribution >= 0.6 is 22.6 Å². The van der Waals surface area contributed by atoms with Crippen LogP contribution in [0.3, 0.4) is 0 Å². The van der Waals surface area contributed by atoms with Crippen LogP contribution in [0.4, 0.5) is 10.2 Å². The molecule has 0 unspecified atom stereocenters. The molecule has 0 atom stereocenters. The average molecular weight is 371 g/mol. The molecule has 0 amide bonds. The Hall–Kier alpha value is -1.63. The van der Waals surface area contributed by atoms with Crippen LogP contribution in [0.2, 0.25) is 0 Å². The molecule has 2 aromatic rings. The predicted molar refractivity (Wildman–Crippen MR) is 79.3 cm³/mol. The van der Waals surface area contributed by atoms with Crippen molar-refractivity contribution in [3.8, 4) is 0 Å². The first-order valence-electron chi connectivity index (χ1n) is 5.57. The van der Waals surface area contributed by atoms with Crippen molar-refractivity contribution < 1.29 is 14.1 Å². The van der Waals surface area contributed by atoms with Crippen LogP contribution in [0.1, 0.15) is 15.9 Å². The van der Waals surface area contributed by atoms with E-state index in [1.54, 1.807) is 55.5 Å². The predicted octanol–water partition coefficient (Wildman–Crippen LogP) is 4.06. The zero-order valence-electron chi connectivity index (χ0n) is 10.1. The van der Waals surface area contributed by atoms with Gasteiger partial charge in [0.05, 0.1) is 5.56 Å². The summed E-state index contributed by atoms with van der Waals surface area (Å²) >= 11 is 2.13. The fraction of sp³-hybridized carbons (Fsp3) is 0.0714. The molecule has 3 nitrogen and oxygen atoms in total. The van der Waals surface area contributed by atoms with Gasteiger partial charge in [0.1, 0.15) is 5.69 Å². The molecule has 0 aromatic heterocycles. The van der Waals surface area contributed by atoms with Gasteiger partial charge in [-0.1, -0.05) is 22.7 Å². The Labute approximate surface area is 124 Å². The van der Waals surface area contributed by atoms with Gasteiger partial charge in [0.25, 0.3) is 0 Å². The van der Waals surface area contributed by atoms with Gasteiger partial charge in [0.2, 0.25) is 0 Å². The first-order valence-corrected chi connectivity index (χ1v) is 6.65. The molecule has 0 saturated heterocycles. The number of anilines is 1. The fourth-order valence-electron chi connectivity index (χ4n) is 1.57. The quantitative estimate of drug-likeness (QED) is 0.463. The van der Waals surface area contributed by atoms with E-state index in [0.29, 0.717) is 11.1 Å². The Bertz CT molecular complexity index is 589. The zero-order chi connectivity index (χ0) is 13.8. The van der Waals surface area contributed by atoms with Crippen molar-refractivity contribution in [3.05, 3.63) is 63.2 Å². The van der Waals surface area contributed by atoms with Crippen molar-refractivity contribution in [2.45, 2.75) is 6.92 Å². The highest BCUT2D eigenvalue weighted by Crippen LogP contribution is 2.23. The summed E-state index contributed by atoms with van der Waals surface area (Å²) in [6.45, 7) is 1.75. The lowest BCUT2D eigenvalue weighted by Crippen LogP contribution is -2.19. The molecule has 0 aliphatic carbocycles. The Balaban J connectivity index is 2.13. The third-order valence-corrected chi connectivity index (χ3v) is 3.19. The third kappa shape index (κ3) is 3.44. The van der Waals surface area contributed by atoms with Gasteiger partial charge in [-0.05, 0) is 70.7 Å². The Morgan fingerprint density at radius 3 is 2.53 bits per heavy atom. The van der Waals surface area contributed by atoms with Gasteiger partial charge < -0.3 is 4.84 Å². The highest BCUT2D eigenvalue weighted by Gasteiger charge is 2.16. The number of aryl methyl sites for hydroxylation is 1. The van der Waals surface area contributed by atoms with Crippen LogP contribution in [0, 0.1) is 10.5 Å². The van der Waals surface area contributed by atoms with E-state index in [9.17, 15) is 9.28 Å². The summed E-state index contributed by atoms with van der Waals surface area (Å²) in [5, 5.41) is 0.000741.